The molecule has 0 aliphatic heterocycles. The first-order chi connectivity index (χ1) is 14.0. The Morgan fingerprint density at radius 1 is 0.793 bits per heavy atom. The topological polar surface area (TPSA) is 72.8 Å². The van der Waals surface area contributed by atoms with Crippen molar-refractivity contribution in [2.75, 3.05) is 0 Å². The van der Waals surface area contributed by atoms with Crippen LogP contribution in [0.3, 0.4) is 0 Å². The van der Waals surface area contributed by atoms with Crippen LogP contribution < -0.4 is 9.47 Å². The Labute approximate surface area is 177 Å². The van der Waals surface area contributed by atoms with Crippen LogP contribution >= 0.6 is 15.9 Å². The Morgan fingerprint density at radius 3 is 1.83 bits per heavy atom. The number of hydrogen-bond donors (Lipinski definition) is 1. The van der Waals surface area contributed by atoms with Crippen LogP contribution in [-0.2, 0) is 18.0 Å². The molecule has 0 radical (unpaired) electrons. The molecule has 0 saturated heterocycles. The number of alkyl halides is 1. The molecule has 3 rings (SSSR count). The van der Waals surface area contributed by atoms with Crippen LogP contribution in [0.1, 0.15) is 21.5 Å². The van der Waals surface area contributed by atoms with Crippen molar-refractivity contribution in [3.8, 4) is 11.5 Å². The fraction of sp³-hybridized carbons (Fsp3) is 0.130. The molecule has 0 spiro atoms. The predicted molar refractivity (Wildman–Crippen MR) is 113 cm³/mol. The second kappa shape index (κ2) is 9.89. The van der Waals surface area contributed by atoms with E-state index in [9.17, 15) is 9.59 Å². The van der Waals surface area contributed by atoms with E-state index >= 15 is 0 Å². The zero-order valence-corrected chi connectivity index (χ0v) is 17.0. The highest BCUT2D eigenvalue weighted by molar-refractivity contribution is 9.10. The Bertz CT molecular complexity index is 973. The lowest BCUT2D eigenvalue weighted by atomic mass is 10.1. The highest BCUT2D eigenvalue weighted by atomic mass is 79.9. The first kappa shape index (κ1) is 20.6. The number of ketones is 1. The lowest BCUT2D eigenvalue weighted by molar-refractivity contribution is -0.135. The summed E-state index contributed by atoms with van der Waals surface area (Å²) in [5.41, 5.74) is 2.18. The summed E-state index contributed by atoms with van der Waals surface area (Å²) in [6, 6.07) is 23.9. The molecule has 0 bridgehead atoms. The molecule has 0 aliphatic carbocycles. The average molecular weight is 455 g/mol. The van der Waals surface area contributed by atoms with Crippen LogP contribution in [0.25, 0.3) is 0 Å². The molecule has 3 aromatic carbocycles. The van der Waals surface area contributed by atoms with E-state index in [0.29, 0.717) is 18.1 Å². The maximum absolute atomic E-state index is 12.4. The van der Waals surface area contributed by atoms with Crippen molar-refractivity contribution in [3.05, 3.63) is 95.6 Å². The second-order valence-electron chi connectivity index (χ2n) is 6.28. The number of carboxylic acids is 1. The predicted octanol–water partition coefficient (Wildman–Crippen LogP) is 4.88. The number of rotatable bonds is 9. The number of Topliss-reactive ketones (excluding diaryl/α,β-unsaturated/α-hetero) is 1. The largest absolute Gasteiger partial charge is 0.485 e. The van der Waals surface area contributed by atoms with Crippen LogP contribution in [-0.4, -0.2) is 21.7 Å². The van der Waals surface area contributed by atoms with E-state index in [1.807, 2.05) is 60.7 Å². The Kier molecular flexibility index (Phi) is 7.03. The van der Waals surface area contributed by atoms with Gasteiger partial charge in [-0.05, 0) is 29.3 Å². The Morgan fingerprint density at radius 2 is 1.31 bits per heavy atom. The van der Waals surface area contributed by atoms with Gasteiger partial charge in [0.1, 0.15) is 13.2 Å². The quantitative estimate of drug-likeness (QED) is 0.283. The van der Waals surface area contributed by atoms with Gasteiger partial charge in [0.05, 0.1) is 0 Å². The molecule has 5 nitrogen and oxygen atoms in total. The third-order valence-electron chi connectivity index (χ3n) is 4.15. The van der Waals surface area contributed by atoms with E-state index < -0.39 is 16.6 Å². The summed E-state index contributed by atoms with van der Waals surface area (Å²) in [6.45, 7) is 0.628. The SMILES string of the molecule is O=C(O)C(Br)C(=O)c1ccc(OCc2ccccc2)c(OCc2ccccc2)c1. The molecular formula is C23H19BrO5. The summed E-state index contributed by atoms with van der Waals surface area (Å²) >= 11 is 2.90. The first-order valence-corrected chi connectivity index (χ1v) is 9.85. The van der Waals surface area contributed by atoms with Gasteiger partial charge in [-0.2, -0.15) is 0 Å². The van der Waals surface area contributed by atoms with E-state index in [1.165, 1.54) is 12.1 Å². The Hall–Kier alpha value is -3.12. The highest BCUT2D eigenvalue weighted by Crippen LogP contribution is 2.31. The van der Waals surface area contributed by atoms with Gasteiger partial charge in [0, 0.05) is 5.56 Å². The van der Waals surface area contributed by atoms with Crippen molar-refractivity contribution >= 4 is 27.7 Å². The van der Waals surface area contributed by atoms with Crippen LogP contribution in [0.2, 0.25) is 0 Å². The van der Waals surface area contributed by atoms with Crippen molar-refractivity contribution in [2.24, 2.45) is 0 Å². The first-order valence-electron chi connectivity index (χ1n) is 8.93. The molecule has 0 aliphatic rings. The minimum absolute atomic E-state index is 0.226. The number of hydrogen-bond acceptors (Lipinski definition) is 4. The number of aliphatic carboxylic acids is 1. The van der Waals surface area contributed by atoms with Crippen LogP contribution in [0.15, 0.2) is 78.9 Å². The maximum atomic E-state index is 12.4. The zero-order chi connectivity index (χ0) is 20.6. The summed E-state index contributed by atoms with van der Waals surface area (Å²) < 4.78 is 11.8. The number of ether oxygens (including phenoxy) is 2. The molecule has 0 aromatic heterocycles. The molecule has 3 aromatic rings. The average Bonchev–Trinajstić information content (AvgIpc) is 2.76. The molecule has 29 heavy (non-hydrogen) atoms. The van der Waals surface area contributed by atoms with Crippen LogP contribution in [0.4, 0.5) is 0 Å². The maximum Gasteiger partial charge on any atom is 0.325 e. The second-order valence-corrected chi connectivity index (χ2v) is 7.19. The van der Waals surface area contributed by atoms with Crippen molar-refractivity contribution in [2.45, 2.75) is 18.0 Å². The van der Waals surface area contributed by atoms with Gasteiger partial charge in [0.2, 0.25) is 0 Å². The van der Waals surface area contributed by atoms with Gasteiger partial charge in [-0.25, -0.2) is 0 Å². The van der Waals surface area contributed by atoms with Gasteiger partial charge in [0.15, 0.2) is 22.1 Å². The third kappa shape index (κ3) is 5.68. The molecule has 0 fully saturated rings. The smallest absolute Gasteiger partial charge is 0.325 e. The van der Waals surface area contributed by atoms with Crippen molar-refractivity contribution < 1.29 is 24.2 Å². The van der Waals surface area contributed by atoms with E-state index in [2.05, 4.69) is 15.9 Å². The number of halogens is 1. The van der Waals surface area contributed by atoms with E-state index in [4.69, 9.17) is 14.6 Å². The number of carbonyl (C=O) groups excluding carboxylic acids is 1. The van der Waals surface area contributed by atoms with Crippen molar-refractivity contribution in [1.82, 2.24) is 0 Å². The lowest BCUT2D eigenvalue weighted by Crippen LogP contribution is -2.23. The van der Waals surface area contributed by atoms with Gasteiger partial charge < -0.3 is 14.6 Å². The molecular weight excluding hydrogens is 436 g/mol. The summed E-state index contributed by atoms with van der Waals surface area (Å²) in [5.74, 6) is -0.952. The lowest BCUT2D eigenvalue weighted by Gasteiger charge is -2.15. The zero-order valence-electron chi connectivity index (χ0n) is 15.5. The van der Waals surface area contributed by atoms with E-state index in [-0.39, 0.29) is 12.2 Å². The molecule has 0 saturated carbocycles. The van der Waals surface area contributed by atoms with E-state index in [0.717, 1.165) is 11.1 Å². The molecule has 1 N–H and O–H groups in total. The summed E-state index contributed by atoms with van der Waals surface area (Å²) in [5, 5.41) is 9.08. The summed E-state index contributed by atoms with van der Waals surface area (Å²) in [6.07, 6.45) is 0. The molecule has 0 heterocycles. The highest BCUT2D eigenvalue weighted by Gasteiger charge is 2.25. The fourth-order valence-electron chi connectivity index (χ4n) is 2.62. The number of benzene rings is 3. The number of carbonyl (C=O) groups is 2. The van der Waals surface area contributed by atoms with Gasteiger partial charge in [-0.3, -0.25) is 9.59 Å². The molecule has 148 valence electrons. The van der Waals surface area contributed by atoms with E-state index in [1.54, 1.807) is 6.07 Å². The molecule has 6 heteroatoms. The minimum Gasteiger partial charge on any atom is -0.485 e. The molecule has 1 atom stereocenters. The van der Waals surface area contributed by atoms with Gasteiger partial charge in [-0.15, -0.1) is 0 Å². The van der Waals surface area contributed by atoms with Crippen LogP contribution in [0, 0.1) is 0 Å². The van der Waals surface area contributed by atoms with Gasteiger partial charge in [0.25, 0.3) is 0 Å². The standard InChI is InChI=1S/C23H19BrO5/c24-21(23(26)27)22(25)18-11-12-19(28-14-16-7-3-1-4-8-16)20(13-18)29-15-17-9-5-2-6-10-17/h1-13,21H,14-15H2,(H,26,27). The molecule has 1 unspecified atom stereocenters. The summed E-state index contributed by atoms with van der Waals surface area (Å²) in [7, 11) is 0. The summed E-state index contributed by atoms with van der Waals surface area (Å²) in [4.78, 5) is 22.2. The Balaban J connectivity index is 1.83. The number of carboxylic acid groups (broad SMARTS) is 1. The van der Waals surface area contributed by atoms with Crippen LogP contribution in [0.5, 0.6) is 11.5 Å². The fourth-order valence-corrected chi connectivity index (χ4v) is 2.89. The molecule has 0 amide bonds. The normalized spacial score (nSPS) is 11.5. The van der Waals surface area contributed by atoms with Gasteiger partial charge in [-0.1, -0.05) is 76.6 Å². The van der Waals surface area contributed by atoms with Gasteiger partial charge >= 0.3 is 5.97 Å². The minimum atomic E-state index is -1.32. The van der Waals surface area contributed by atoms with Crippen molar-refractivity contribution in [1.29, 1.82) is 0 Å². The third-order valence-corrected chi connectivity index (χ3v) is 4.96. The van der Waals surface area contributed by atoms with Crippen molar-refractivity contribution in [3.63, 3.8) is 0 Å². The monoisotopic (exact) mass is 454 g/mol.